The first-order valence-corrected chi connectivity index (χ1v) is 4.50. The van der Waals surface area contributed by atoms with Crippen molar-refractivity contribution < 1.29 is 0 Å². The fourth-order valence-corrected chi connectivity index (χ4v) is 2.10. The molecule has 0 radical (unpaired) electrons. The van der Waals surface area contributed by atoms with Gasteiger partial charge in [-0.15, -0.1) is 11.3 Å². The first-order valence-electron chi connectivity index (χ1n) is 3.24. The average molecular weight is 195 g/mol. The van der Waals surface area contributed by atoms with E-state index in [2.05, 4.69) is 11.1 Å². The van der Waals surface area contributed by atoms with Gasteiger partial charge in [-0.25, -0.2) is 4.98 Å². The van der Waals surface area contributed by atoms with E-state index < -0.39 is 0 Å². The van der Waals surface area contributed by atoms with Crippen LogP contribution in [-0.4, -0.2) is 4.98 Å². The highest BCUT2D eigenvalue weighted by Crippen LogP contribution is 2.28. The summed E-state index contributed by atoms with van der Waals surface area (Å²) in [6.07, 6.45) is 1.50. The molecule has 58 valence electrons. The number of hydrogen-bond acceptors (Lipinski definition) is 3. The molecule has 0 saturated carbocycles. The van der Waals surface area contributed by atoms with Crippen LogP contribution in [-0.2, 0) is 0 Å². The van der Waals surface area contributed by atoms with E-state index in [4.69, 9.17) is 16.9 Å². The number of nitriles is 1. The van der Waals surface area contributed by atoms with Crippen LogP contribution in [0.2, 0.25) is 5.15 Å². The Kier molecular flexibility index (Phi) is 1.72. The lowest BCUT2D eigenvalue weighted by Gasteiger charge is -1.93. The zero-order valence-electron chi connectivity index (χ0n) is 5.91. The topological polar surface area (TPSA) is 36.7 Å². The molecule has 0 amide bonds. The second-order valence-electron chi connectivity index (χ2n) is 2.24. The molecule has 12 heavy (non-hydrogen) atoms. The largest absolute Gasteiger partial charge is 0.242 e. The van der Waals surface area contributed by atoms with Gasteiger partial charge >= 0.3 is 0 Å². The van der Waals surface area contributed by atoms with E-state index >= 15 is 0 Å². The van der Waals surface area contributed by atoms with Gasteiger partial charge in [-0.2, -0.15) is 5.26 Å². The molecule has 0 fully saturated rings. The molecule has 2 heterocycles. The van der Waals surface area contributed by atoms with Crippen molar-refractivity contribution in [2.75, 3.05) is 0 Å². The Morgan fingerprint density at radius 1 is 1.58 bits per heavy atom. The zero-order chi connectivity index (χ0) is 8.55. The van der Waals surface area contributed by atoms with Gasteiger partial charge in [0.1, 0.15) is 11.2 Å². The van der Waals surface area contributed by atoms with Gasteiger partial charge in [-0.05, 0) is 11.4 Å². The monoisotopic (exact) mass is 194 g/mol. The Hall–Kier alpha value is -1.11. The van der Waals surface area contributed by atoms with Crippen LogP contribution in [0, 0.1) is 11.3 Å². The van der Waals surface area contributed by atoms with Crippen molar-refractivity contribution in [3.63, 3.8) is 0 Å². The highest BCUT2D eigenvalue weighted by molar-refractivity contribution is 7.17. The minimum atomic E-state index is 0.471. The van der Waals surface area contributed by atoms with Crippen LogP contribution >= 0.6 is 22.9 Å². The first-order chi connectivity index (χ1) is 5.83. The normalized spacial score (nSPS) is 10.0. The third-order valence-electron chi connectivity index (χ3n) is 1.57. The van der Waals surface area contributed by atoms with Gasteiger partial charge in [-0.3, -0.25) is 0 Å². The summed E-state index contributed by atoms with van der Waals surface area (Å²) >= 11 is 7.32. The molecule has 0 aromatic carbocycles. The highest BCUT2D eigenvalue weighted by atomic mass is 35.5. The molecule has 0 bridgehead atoms. The maximum atomic E-state index is 8.72. The molecule has 0 unspecified atom stereocenters. The summed E-state index contributed by atoms with van der Waals surface area (Å²) in [7, 11) is 0. The molecule has 4 heteroatoms. The third-order valence-corrected chi connectivity index (χ3v) is 2.89. The Morgan fingerprint density at radius 2 is 2.42 bits per heavy atom. The number of thiophene rings is 1. The molecule has 2 aromatic rings. The molecule has 0 aliphatic carbocycles. The maximum absolute atomic E-state index is 8.72. The predicted molar refractivity (Wildman–Crippen MR) is 49.3 cm³/mol. The Morgan fingerprint density at radius 3 is 3.17 bits per heavy atom. The van der Waals surface area contributed by atoms with Gasteiger partial charge in [0, 0.05) is 11.6 Å². The SMILES string of the molecule is N#Cc1cnc(Cl)c2sccc12. The van der Waals surface area contributed by atoms with E-state index in [1.54, 1.807) is 0 Å². The van der Waals surface area contributed by atoms with E-state index in [0.29, 0.717) is 10.7 Å². The predicted octanol–water partition coefficient (Wildman–Crippen LogP) is 2.82. The summed E-state index contributed by atoms with van der Waals surface area (Å²) in [6.45, 7) is 0. The first kappa shape index (κ1) is 7.53. The molecule has 2 rings (SSSR count). The number of pyridine rings is 1. The smallest absolute Gasteiger partial charge is 0.146 e. The van der Waals surface area contributed by atoms with Crippen LogP contribution < -0.4 is 0 Å². The van der Waals surface area contributed by atoms with Gasteiger partial charge in [0.25, 0.3) is 0 Å². The van der Waals surface area contributed by atoms with Crippen LogP contribution in [0.4, 0.5) is 0 Å². The van der Waals surface area contributed by atoms with Crippen LogP contribution in [0.1, 0.15) is 5.56 Å². The summed E-state index contributed by atoms with van der Waals surface area (Å²) in [5.41, 5.74) is 0.579. The number of rotatable bonds is 0. The lowest BCUT2D eigenvalue weighted by Crippen LogP contribution is -1.79. The highest BCUT2D eigenvalue weighted by Gasteiger charge is 2.05. The molecule has 0 saturated heterocycles. The molecule has 0 atom stereocenters. The summed E-state index contributed by atoms with van der Waals surface area (Å²) in [5.74, 6) is 0. The molecular weight excluding hydrogens is 192 g/mol. The number of nitrogens with zero attached hydrogens (tertiary/aromatic N) is 2. The molecule has 0 N–H and O–H groups in total. The third kappa shape index (κ3) is 0.970. The van der Waals surface area contributed by atoms with E-state index in [-0.39, 0.29) is 0 Å². The molecule has 2 aromatic heterocycles. The lowest BCUT2D eigenvalue weighted by atomic mass is 10.2. The Labute approximate surface area is 78.0 Å². The summed E-state index contributed by atoms with van der Waals surface area (Å²) in [6, 6.07) is 3.95. The number of halogens is 1. The van der Waals surface area contributed by atoms with Crippen molar-refractivity contribution in [2.24, 2.45) is 0 Å². The molecular formula is C8H3ClN2S. The summed E-state index contributed by atoms with van der Waals surface area (Å²) < 4.78 is 0.885. The standard InChI is InChI=1S/C8H3ClN2S/c9-8-7-6(1-2-12-7)5(3-10)4-11-8/h1-2,4H. The van der Waals surface area contributed by atoms with Gasteiger partial charge in [0.05, 0.1) is 10.3 Å². The molecule has 2 nitrogen and oxygen atoms in total. The Balaban J connectivity index is 2.94. The zero-order valence-corrected chi connectivity index (χ0v) is 7.49. The van der Waals surface area contributed by atoms with Crippen molar-refractivity contribution in [2.45, 2.75) is 0 Å². The molecule has 0 spiro atoms. The van der Waals surface area contributed by atoms with Gasteiger partial charge in [-0.1, -0.05) is 11.6 Å². The van der Waals surface area contributed by atoms with Crippen molar-refractivity contribution in [1.29, 1.82) is 5.26 Å². The number of hydrogen-bond donors (Lipinski definition) is 0. The summed E-state index contributed by atoms with van der Waals surface area (Å²) in [4.78, 5) is 3.90. The lowest BCUT2D eigenvalue weighted by molar-refractivity contribution is 1.35. The van der Waals surface area contributed by atoms with Gasteiger partial charge in [0.2, 0.25) is 0 Å². The second kappa shape index (κ2) is 2.74. The molecule has 0 aliphatic heterocycles. The fourth-order valence-electron chi connectivity index (χ4n) is 1.02. The van der Waals surface area contributed by atoms with Crippen molar-refractivity contribution in [1.82, 2.24) is 4.98 Å². The van der Waals surface area contributed by atoms with Crippen LogP contribution in [0.25, 0.3) is 10.1 Å². The number of fused-ring (bicyclic) bond motifs is 1. The van der Waals surface area contributed by atoms with Crippen LogP contribution in [0.3, 0.4) is 0 Å². The van der Waals surface area contributed by atoms with Crippen molar-refractivity contribution in [3.05, 3.63) is 28.4 Å². The van der Waals surface area contributed by atoms with E-state index in [9.17, 15) is 0 Å². The van der Waals surface area contributed by atoms with E-state index in [1.807, 2.05) is 11.4 Å². The Bertz CT molecular complexity index is 469. The quantitative estimate of drug-likeness (QED) is 0.605. The second-order valence-corrected chi connectivity index (χ2v) is 3.51. The van der Waals surface area contributed by atoms with Crippen molar-refractivity contribution in [3.8, 4) is 6.07 Å². The van der Waals surface area contributed by atoms with E-state index in [1.165, 1.54) is 17.5 Å². The van der Waals surface area contributed by atoms with Gasteiger partial charge in [0.15, 0.2) is 0 Å². The fraction of sp³-hybridized carbons (Fsp3) is 0. The van der Waals surface area contributed by atoms with Crippen LogP contribution in [0.5, 0.6) is 0 Å². The van der Waals surface area contributed by atoms with Crippen LogP contribution in [0.15, 0.2) is 17.6 Å². The molecule has 0 aliphatic rings. The minimum absolute atomic E-state index is 0.471. The minimum Gasteiger partial charge on any atom is -0.242 e. The number of aromatic nitrogens is 1. The van der Waals surface area contributed by atoms with Gasteiger partial charge < -0.3 is 0 Å². The van der Waals surface area contributed by atoms with Crippen molar-refractivity contribution >= 4 is 33.0 Å². The average Bonchev–Trinajstić information content (AvgIpc) is 2.54. The van der Waals surface area contributed by atoms with E-state index in [0.717, 1.165) is 10.1 Å². The summed E-state index contributed by atoms with van der Waals surface area (Å²) in [5, 5.41) is 12.0. The maximum Gasteiger partial charge on any atom is 0.146 e.